The molecule has 2 heterocycles. The van der Waals surface area contributed by atoms with Crippen LogP contribution in [0.5, 0.6) is 0 Å². The van der Waals surface area contributed by atoms with Gasteiger partial charge in [0.15, 0.2) is 5.78 Å². The molecule has 9 heteroatoms. The van der Waals surface area contributed by atoms with Gasteiger partial charge in [0.25, 0.3) is 5.91 Å². The van der Waals surface area contributed by atoms with Gasteiger partial charge >= 0.3 is 0 Å². The molecule has 2 N–H and O–H groups in total. The first kappa shape index (κ1) is 25.6. The summed E-state index contributed by atoms with van der Waals surface area (Å²) in [6, 6.07) is 0.857. The first-order valence-corrected chi connectivity index (χ1v) is 9.70. The van der Waals surface area contributed by atoms with E-state index in [1.807, 2.05) is 0 Å². The van der Waals surface area contributed by atoms with E-state index in [9.17, 15) is 14.4 Å². The predicted octanol–water partition coefficient (Wildman–Crippen LogP) is 2.44. The van der Waals surface area contributed by atoms with Crippen molar-refractivity contribution in [3.8, 4) is 0 Å². The summed E-state index contributed by atoms with van der Waals surface area (Å²) in [5, 5.41) is 5.67. The summed E-state index contributed by atoms with van der Waals surface area (Å²) in [4.78, 5) is 37.7. The van der Waals surface area contributed by atoms with Crippen molar-refractivity contribution in [3.05, 3.63) is 24.2 Å². The lowest BCUT2D eigenvalue weighted by molar-refractivity contribution is -0.131. The quantitative estimate of drug-likeness (QED) is 0.702. The van der Waals surface area contributed by atoms with Crippen LogP contribution in [0.3, 0.4) is 0 Å². The van der Waals surface area contributed by atoms with Crippen molar-refractivity contribution >= 4 is 44.6 Å². The Morgan fingerprint density at radius 3 is 2.48 bits per heavy atom. The molecule has 1 saturated heterocycles. The highest BCUT2D eigenvalue weighted by atomic mass is 32.1. The molecule has 0 bridgehead atoms. The van der Waals surface area contributed by atoms with Gasteiger partial charge in [0, 0.05) is 0 Å². The van der Waals surface area contributed by atoms with Gasteiger partial charge in [0.1, 0.15) is 24.5 Å². The van der Waals surface area contributed by atoms with E-state index in [0.29, 0.717) is 17.9 Å². The molecule has 3 rings (SSSR count). The molecule has 0 unspecified atom stereocenters. The molecule has 2 aliphatic rings. The van der Waals surface area contributed by atoms with E-state index in [1.165, 1.54) is 18.9 Å². The Morgan fingerprint density at radius 1 is 1.24 bits per heavy atom. The third kappa shape index (κ3) is 6.02. The zero-order chi connectivity index (χ0) is 19.4. The van der Waals surface area contributed by atoms with Crippen molar-refractivity contribution in [3.63, 3.8) is 0 Å². The molecule has 1 aliphatic heterocycles. The lowest BCUT2D eigenvalue weighted by Gasteiger charge is -2.31. The van der Waals surface area contributed by atoms with Crippen LogP contribution in [0.2, 0.25) is 0 Å². The van der Waals surface area contributed by atoms with Crippen molar-refractivity contribution in [2.45, 2.75) is 70.1 Å². The maximum atomic E-state index is 13.0. The van der Waals surface area contributed by atoms with Crippen molar-refractivity contribution in [2.24, 2.45) is 5.92 Å². The van der Waals surface area contributed by atoms with Crippen molar-refractivity contribution in [1.82, 2.24) is 10.6 Å². The summed E-state index contributed by atoms with van der Waals surface area (Å²) in [6.07, 6.45) is 8.55. The summed E-state index contributed by atoms with van der Waals surface area (Å²) in [5.41, 5.74) is -0.696. The zero-order valence-corrected chi connectivity index (χ0v) is 19.0. The fraction of sp³-hybridized carbons (Fsp3) is 0.650. The number of nitrogens with one attached hydrogen (secondary N) is 2. The second kappa shape index (κ2) is 11.1. The number of ether oxygens (including phenoxy) is 1. The van der Waals surface area contributed by atoms with Crippen molar-refractivity contribution in [1.29, 1.82) is 0 Å². The standard InChI is InChI=1S/C20H28N2O5.2H2S/c1-13-20(2,17(23)12-27-13)22-19(25)16(10-14-6-4-3-5-7-14)21-18(24)15-8-9-26-11-15;;/h8-9,11,13-14,16H,3-7,10,12H2,1-2H3,(H,21,24)(H,22,25);2*1H2/t13-,16-,20+;;/m0../s1. The normalized spacial score (nSPS) is 25.4. The largest absolute Gasteiger partial charge is 0.472 e. The van der Waals surface area contributed by atoms with Gasteiger partial charge in [0.2, 0.25) is 5.91 Å². The predicted molar refractivity (Wildman–Crippen MR) is 119 cm³/mol. The maximum Gasteiger partial charge on any atom is 0.255 e. The van der Waals surface area contributed by atoms with Crippen LogP contribution >= 0.6 is 27.0 Å². The highest BCUT2D eigenvalue weighted by Gasteiger charge is 2.47. The average molecular weight is 445 g/mol. The third-order valence-corrected chi connectivity index (χ3v) is 5.94. The Bertz CT molecular complexity index is 691. The van der Waals surface area contributed by atoms with E-state index in [1.54, 1.807) is 19.9 Å². The molecular formula is C20H32N2O5S2. The van der Waals surface area contributed by atoms with Gasteiger partial charge in [-0.15, -0.1) is 0 Å². The minimum absolute atomic E-state index is 0. The summed E-state index contributed by atoms with van der Waals surface area (Å²) < 4.78 is 10.3. The van der Waals surface area contributed by atoms with Gasteiger partial charge in [-0.1, -0.05) is 32.1 Å². The molecule has 29 heavy (non-hydrogen) atoms. The van der Waals surface area contributed by atoms with E-state index in [-0.39, 0.29) is 51.2 Å². The van der Waals surface area contributed by atoms with Gasteiger partial charge in [-0.3, -0.25) is 14.4 Å². The van der Waals surface area contributed by atoms with E-state index in [0.717, 1.165) is 25.7 Å². The minimum Gasteiger partial charge on any atom is -0.472 e. The van der Waals surface area contributed by atoms with Crippen LogP contribution in [-0.4, -0.2) is 41.9 Å². The molecule has 0 radical (unpaired) electrons. The van der Waals surface area contributed by atoms with Gasteiger partial charge in [-0.25, -0.2) is 0 Å². The van der Waals surface area contributed by atoms with Gasteiger partial charge in [-0.05, 0) is 32.3 Å². The number of Topliss-reactive ketones (excluding diaryl/α,β-unsaturated/α-hetero) is 1. The molecule has 0 spiro atoms. The Hall–Kier alpha value is -1.45. The molecule has 7 nitrogen and oxygen atoms in total. The highest BCUT2D eigenvalue weighted by Crippen LogP contribution is 2.28. The zero-order valence-electron chi connectivity index (χ0n) is 17.0. The number of ketones is 1. The number of hydrogen-bond donors (Lipinski definition) is 2. The van der Waals surface area contributed by atoms with E-state index >= 15 is 0 Å². The van der Waals surface area contributed by atoms with Crippen LogP contribution in [0.1, 0.15) is 62.7 Å². The summed E-state index contributed by atoms with van der Waals surface area (Å²) in [6.45, 7) is 3.44. The van der Waals surface area contributed by atoms with Crippen molar-refractivity contribution in [2.75, 3.05) is 6.61 Å². The van der Waals surface area contributed by atoms with E-state index in [4.69, 9.17) is 9.15 Å². The molecule has 1 saturated carbocycles. The number of hydrogen-bond acceptors (Lipinski definition) is 5. The van der Waals surface area contributed by atoms with Crippen LogP contribution in [0, 0.1) is 5.92 Å². The first-order chi connectivity index (χ1) is 12.9. The molecule has 1 aliphatic carbocycles. The molecule has 3 atom stereocenters. The highest BCUT2D eigenvalue weighted by molar-refractivity contribution is 7.59. The van der Waals surface area contributed by atoms with Gasteiger partial charge in [0.05, 0.1) is 17.9 Å². The third-order valence-electron chi connectivity index (χ3n) is 5.94. The lowest BCUT2D eigenvalue weighted by Crippen LogP contribution is -2.60. The second-order valence-electron chi connectivity index (χ2n) is 7.85. The summed E-state index contributed by atoms with van der Waals surface area (Å²) in [7, 11) is 0. The smallest absolute Gasteiger partial charge is 0.255 e. The number of furan rings is 1. The van der Waals surface area contributed by atoms with Crippen LogP contribution in [0.15, 0.2) is 23.0 Å². The Morgan fingerprint density at radius 2 is 1.93 bits per heavy atom. The second-order valence-corrected chi connectivity index (χ2v) is 7.85. The monoisotopic (exact) mass is 444 g/mol. The fourth-order valence-corrected chi connectivity index (χ4v) is 3.88. The number of amides is 2. The van der Waals surface area contributed by atoms with Gasteiger partial charge in [-0.2, -0.15) is 27.0 Å². The average Bonchev–Trinajstić information content (AvgIpc) is 3.27. The molecule has 2 amide bonds. The van der Waals surface area contributed by atoms with Crippen LogP contribution in [0.25, 0.3) is 0 Å². The number of carbonyl (C=O) groups excluding carboxylic acids is 3. The number of rotatable bonds is 6. The molecule has 1 aromatic rings. The van der Waals surface area contributed by atoms with Crippen LogP contribution in [-0.2, 0) is 14.3 Å². The molecule has 2 fully saturated rings. The first-order valence-electron chi connectivity index (χ1n) is 9.70. The van der Waals surface area contributed by atoms with E-state index in [2.05, 4.69) is 10.6 Å². The lowest BCUT2D eigenvalue weighted by atomic mass is 9.84. The molecular weight excluding hydrogens is 412 g/mol. The Balaban J connectivity index is 0.00000210. The van der Waals surface area contributed by atoms with E-state index < -0.39 is 17.7 Å². The van der Waals surface area contributed by atoms with Gasteiger partial charge < -0.3 is 19.8 Å². The van der Waals surface area contributed by atoms with Crippen LogP contribution < -0.4 is 10.6 Å². The maximum absolute atomic E-state index is 13.0. The summed E-state index contributed by atoms with van der Waals surface area (Å²) in [5.74, 6) is -0.460. The van der Waals surface area contributed by atoms with Crippen LogP contribution in [0.4, 0.5) is 0 Å². The summed E-state index contributed by atoms with van der Waals surface area (Å²) >= 11 is 0. The van der Waals surface area contributed by atoms with Crippen molar-refractivity contribution < 1.29 is 23.5 Å². The Kier molecular flexibility index (Phi) is 9.78. The fourth-order valence-electron chi connectivity index (χ4n) is 3.88. The molecule has 164 valence electrons. The minimum atomic E-state index is -1.07. The topological polar surface area (TPSA) is 97.6 Å². The molecule has 0 aromatic carbocycles. The SMILES string of the molecule is C[C@@H]1OCC(=O)[C@]1(C)NC(=O)[C@H](CC1CCCCC1)NC(=O)c1ccoc1.S.S. The molecule has 1 aromatic heterocycles. The number of carbonyl (C=O) groups is 3. The Labute approximate surface area is 185 Å².